The molecule has 0 unspecified atom stereocenters. The van der Waals surface area contributed by atoms with E-state index in [0.717, 1.165) is 13.2 Å². The van der Waals surface area contributed by atoms with Crippen LogP contribution in [0.3, 0.4) is 0 Å². The Kier molecular flexibility index (Phi) is 8.88. The van der Waals surface area contributed by atoms with Crippen LogP contribution in [0.5, 0.6) is 0 Å². The van der Waals surface area contributed by atoms with Crippen molar-refractivity contribution in [3.05, 3.63) is 0 Å². The van der Waals surface area contributed by atoms with Gasteiger partial charge in [-0.2, -0.15) is 0 Å². The quantitative estimate of drug-likeness (QED) is 0.560. The Hall–Kier alpha value is -0.120. The van der Waals surface area contributed by atoms with Gasteiger partial charge >= 0.3 is 0 Å². The van der Waals surface area contributed by atoms with Crippen molar-refractivity contribution in [2.45, 2.75) is 26.9 Å². The summed E-state index contributed by atoms with van der Waals surface area (Å²) in [6.07, 6.45) is 0.0925. The molecule has 0 bridgehead atoms. The fraction of sp³-hybridized carbons (Fsp3) is 1.00. The Morgan fingerprint density at radius 3 is 1.67 bits per heavy atom. The lowest BCUT2D eigenvalue weighted by Crippen LogP contribution is -2.25. The Bertz CT molecular complexity index is 77.8. The van der Waals surface area contributed by atoms with E-state index in [-0.39, 0.29) is 6.10 Å². The topological polar surface area (TPSA) is 27.7 Å². The molecule has 0 saturated heterocycles. The summed E-state index contributed by atoms with van der Waals surface area (Å²) in [7, 11) is 0. The monoisotopic (exact) mass is 176 g/mol. The van der Waals surface area contributed by atoms with Gasteiger partial charge in [0.1, 0.15) is 6.10 Å². The van der Waals surface area contributed by atoms with Crippen LogP contribution in [-0.2, 0) is 14.2 Å². The van der Waals surface area contributed by atoms with Gasteiger partial charge in [-0.05, 0) is 20.8 Å². The molecular formula is C9H20O3. The molecule has 3 heteroatoms. The van der Waals surface area contributed by atoms with Crippen LogP contribution in [0.1, 0.15) is 20.8 Å². The van der Waals surface area contributed by atoms with Gasteiger partial charge in [0.2, 0.25) is 0 Å². The van der Waals surface area contributed by atoms with Crippen LogP contribution in [0.4, 0.5) is 0 Å². The number of hydrogen-bond acceptors (Lipinski definition) is 3. The second-order valence-corrected chi connectivity index (χ2v) is 2.40. The minimum Gasteiger partial charge on any atom is -0.379 e. The van der Waals surface area contributed by atoms with Gasteiger partial charge < -0.3 is 14.2 Å². The molecule has 0 rings (SSSR count). The molecule has 3 nitrogen and oxygen atoms in total. The van der Waals surface area contributed by atoms with E-state index < -0.39 is 0 Å². The molecule has 0 amide bonds. The molecule has 0 aromatic heterocycles. The largest absolute Gasteiger partial charge is 0.379 e. The third-order valence-electron chi connectivity index (χ3n) is 1.42. The SMILES string of the molecule is CCOCC(COCC)OCC. The predicted molar refractivity (Wildman–Crippen MR) is 48.4 cm³/mol. The van der Waals surface area contributed by atoms with Crippen molar-refractivity contribution < 1.29 is 14.2 Å². The van der Waals surface area contributed by atoms with E-state index in [1.165, 1.54) is 0 Å². The van der Waals surface area contributed by atoms with Crippen molar-refractivity contribution >= 4 is 0 Å². The molecule has 0 fully saturated rings. The summed E-state index contributed by atoms with van der Waals surface area (Å²) in [5, 5.41) is 0. The summed E-state index contributed by atoms with van der Waals surface area (Å²) in [5.41, 5.74) is 0. The van der Waals surface area contributed by atoms with Gasteiger partial charge in [-0.3, -0.25) is 0 Å². The average Bonchev–Trinajstić information content (AvgIpc) is 2.10. The fourth-order valence-corrected chi connectivity index (χ4v) is 0.879. The number of hydrogen-bond donors (Lipinski definition) is 0. The van der Waals surface area contributed by atoms with Crippen molar-refractivity contribution in [3.63, 3.8) is 0 Å². The first kappa shape index (κ1) is 11.9. The third-order valence-corrected chi connectivity index (χ3v) is 1.42. The average molecular weight is 176 g/mol. The summed E-state index contributed by atoms with van der Waals surface area (Å²) < 4.78 is 15.9. The molecule has 0 aliphatic rings. The second kappa shape index (κ2) is 8.97. The summed E-state index contributed by atoms with van der Waals surface area (Å²) in [4.78, 5) is 0. The maximum absolute atomic E-state index is 5.40. The highest BCUT2D eigenvalue weighted by atomic mass is 16.6. The van der Waals surface area contributed by atoms with E-state index in [2.05, 4.69) is 0 Å². The maximum atomic E-state index is 5.40. The minimum absolute atomic E-state index is 0.0925. The smallest absolute Gasteiger partial charge is 0.104 e. The Labute approximate surface area is 75.0 Å². The van der Waals surface area contributed by atoms with Crippen molar-refractivity contribution in [1.82, 2.24) is 0 Å². The molecule has 0 heterocycles. The first-order valence-corrected chi connectivity index (χ1v) is 4.62. The molecule has 0 radical (unpaired) electrons. The minimum atomic E-state index is 0.0925. The molecule has 0 spiro atoms. The first-order valence-electron chi connectivity index (χ1n) is 4.62. The first-order chi connectivity index (χ1) is 5.85. The molecule has 0 atom stereocenters. The number of rotatable bonds is 8. The molecule has 0 aliphatic carbocycles. The van der Waals surface area contributed by atoms with E-state index in [9.17, 15) is 0 Å². The van der Waals surface area contributed by atoms with Crippen LogP contribution < -0.4 is 0 Å². The summed E-state index contributed by atoms with van der Waals surface area (Å²) in [6, 6.07) is 0. The van der Waals surface area contributed by atoms with Crippen molar-refractivity contribution in [2.24, 2.45) is 0 Å². The highest BCUT2D eigenvalue weighted by Crippen LogP contribution is 1.94. The van der Waals surface area contributed by atoms with Crippen LogP contribution in [0.2, 0.25) is 0 Å². The summed E-state index contributed by atoms with van der Waals surface area (Å²) in [5.74, 6) is 0. The van der Waals surface area contributed by atoms with E-state index >= 15 is 0 Å². The van der Waals surface area contributed by atoms with Crippen LogP contribution in [-0.4, -0.2) is 39.1 Å². The number of ether oxygens (including phenoxy) is 3. The van der Waals surface area contributed by atoms with Gasteiger partial charge in [-0.15, -0.1) is 0 Å². The zero-order valence-corrected chi connectivity index (χ0v) is 8.34. The van der Waals surface area contributed by atoms with Crippen LogP contribution in [0.15, 0.2) is 0 Å². The Morgan fingerprint density at radius 1 is 0.833 bits per heavy atom. The zero-order chi connectivity index (χ0) is 9.23. The van der Waals surface area contributed by atoms with E-state index in [1.54, 1.807) is 0 Å². The Morgan fingerprint density at radius 2 is 1.33 bits per heavy atom. The predicted octanol–water partition coefficient (Wildman–Crippen LogP) is 1.46. The maximum Gasteiger partial charge on any atom is 0.104 e. The van der Waals surface area contributed by atoms with E-state index in [0.29, 0.717) is 19.8 Å². The summed E-state index contributed by atoms with van der Waals surface area (Å²) >= 11 is 0. The molecule has 0 aliphatic heterocycles. The Balaban J connectivity index is 3.40. The fourth-order valence-electron chi connectivity index (χ4n) is 0.879. The van der Waals surface area contributed by atoms with Gasteiger partial charge in [0.05, 0.1) is 13.2 Å². The summed E-state index contributed by atoms with van der Waals surface area (Å²) in [6.45, 7) is 9.36. The lowest BCUT2D eigenvalue weighted by Gasteiger charge is -2.16. The molecular weight excluding hydrogens is 156 g/mol. The van der Waals surface area contributed by atoms with Gasteiger partial charge in [-0.25, -0.2) is 0 Å². The molecule has 0 aromatic rings. The van der Waals surface area contributed by atoms with Crippen LogP contribution in [0.25, 0.3) is 0 Å². The molecule has 0 N–H and O–H groups in total. The van der Waals surface area contributed by atoms with Gasteiger partial charge in [0.15, 0.2) is 0 Å². The van der Waals surface area contributed by atoms with Crippen molar-refractivity contribution in [2.75, 3.05) is 33.0 Å². The van der Waals surface area contributed by atoms with Gasteiger partial charge in [0.25, 0.3) is 0 Å². The highest BCUT2D eigenvalue weighted by molar-refractivity contribution is 4.54. The second-order valence-electron chi connectivity index (χ2n) is 2.40. The van der Waals surface area contributed by atoms with Crippen molar-refractivity contribution in [3.8, 4) is 0 Å². The van der Waals surface area contributed by atoms with Crippen LogP contribution >= 0.6 is 0 Å². The van der Waals surface area contributed by atoms with Gasteiger partial charge in [-0.1, -0.05) is 0 Å². The van der Waals surface area contributed by atoms with Gasteiger partial charge in [0, 0.05) is 19.8 Å². The molecule has 74 valence electrons. The standard InChI is InChI=1S/C9H20O3/c1-4-10-7-9(12-6-3)8-11-5-2/h9H,4-8H2,1-3H3. The lowest BCUT2D eigenvalue weighted by molar-refractivity contribution is -0.0524. The lowest BCUT2D eigenvalue weighted by atomic mass is 10.4. The van der Waals surface area contributed by atoms with E-state index in [1.807, 2.05) is 20.8 Å². The zero-order valence-electron chi connectivity index (χ0n) is 8.34. The third kappa shape index (κ3) is 6.58. The normalized spacial score (nSPS) is 11.0. The van der Waals surface area contributed by atoms with E-state index in [4.69, 9.17) is 14.2 Å². The highest BCUT2D eigenvalue weighted by Gasteiger charge is 2.07. The van der Waals surface area contributed by atoms with Crippen molar-refractivity contribution in [1.29, 1.82) is 0 Å². The molecule has 0 saturated carbocycles. The molecule has 0 aromatic carbocycles. The molecule has 12 heavy (non-hydrogen) atoms. The van der Waals surface area contributed by atoms with Crippen LogP contribution in [0, 0.1) is 0 Å².